The van der Waals surface area contributed by atoms with Gasteiger partial charge in [-0.2, -0.15) is 0 Å². The molecule has 1 aromatic rings. The monoisotopic (exact) mass is 125 g/mol. The molecule has 0 aliphatic heterocycles. The highest BCUT2D eigenvalue weighted by Gasteiger charge is 1.87. The molecule has 0 aliphatic carbocycles. The Bertz CT molecular complexity index is 231. The Hall–Kier alpha value is -0.990. The molecule has 0 aliphatic rings. The van der Waals surface area contributed by atoms with Crippen LogP contribution >= 0.6 is 0 Å². The number of rotatable bonds is 0. The number of nitrogens with zero attached hydrogens (tertiary/aromatic N) is 3. The molecule has 0 saturated heterocycles. The van der Waals surface area contributed by atoms with E-state index in [1.54, 1.807) is 7.05 Å². The maximum absolute atomic E-state index is 4.06. The molecule has 1 heterocycles. The summed E-state index contributed by atoms with van der Waals surface area (Å²) >= 11 is 0. The molecule has 0 unspecified atom stereocenters. The molecule has 3 nitrogen and oxygen atoms in total. The molecule has 3 heteroatoms. The molecule has 0 aromatic carbocycles. The highest BCUT2D eigenvalue weighted by molar-refractivity contribution is 4.76. The van der Waals surface area contributed by atoms with Gasteiger partial charge in [-0.1, -0.05) is 0 Å². The lowest BCUT2D eigenvalue weighted by atomic mass is 10.9. The molecule has 0 N–H and O–H groups in total. The van der Waals surface area contributed by atoms with Crippen molar-refractivity contribution < 1.29 is 0 Å². The maximum Gasteiger partial charge on any atom is 0.204 e. The van der Waals surface area contributed by atoms with Crippen molar-refractivity contribution >= 4 is 0 Å². The third kappa shape index (κ3) is 0.896. The predicted octanol–water partition coefficient (Wildman–Crippen LogP) is -0.106. The average molecular weight is 125 g/mol. The molecule has 0 amide bonds. The Kier molecular flexibility index (Phi) is 1.42. The predicted molar refractivity (Wildman–Crippen MR) is 35.9 cm³/mol. The molecular formula is C6H11N3. The number of aromatic nitrogens is 2. The van der Waals surface area contributed by atoms with Gasteiger partial charge in [0.05, 0.1) is 0 Å². The van der Waals surface area contributed by atoms with Gasteiger partial charge >= 0.3 is 0 Å². The van der Waals surface area contributed by atoms with Crippen LogP contribution < -0.4 is 5.62 Å². The van der Waals surface area contributed by atoms with E-state index in [-0.39, 0.29) is 0 Å². The minimum atomic E-state index is 0.981. The fourth-order valence-electron chi connectivity index (χ4n) is 0.898. The van der Waals surface area contributed by atoms with Crippen LogP contribution in [0.3, 0.4) is 0 Å². The summed E-state index contributed by atoms with van der Waals surface area (Å²) in [4.78, 5) is 4.06. The molecule has 0 atom stereocenters. The zero-order valence-electron chi connectivity index (χ0n) is 6.00. The van der Waals surface area contributed by atoms with Crippen LogP contribution in [0.4, 0.5) is 0 Å². The van der Waals surface area contributed by atoms with E-state index in [0.29, 0.717) is 0 Å². The minimum Gasteiger partial charge on any atom is -0.321 e. The number of hydrogen-bond donors (Lipinski definition) is 0. The van der Waals surface area contributed by atoms with E-state index >= 15 is 0 Å². The van der Waals surface area contributed by atoms with Crippen molar-refractivity contribution in [1.82, 2.24) is 9.13 Å². The summed E-state index contributed by atoms with van der Waals surface area (Å²) in [5.74, 6) is 0. The van der Waals surface area contributed by atoms with E-state index in [2.05, 4.69) is 4.99 Å². The van der Waals surface area contributed by atoms with Crippen LogP contribution in [0.1, 0.15) is 0 Å². The highest BCUT2D eigenvalue weighted by atomic mass is 15.1. The summed E-state index contributed by atoms with van der Waals surface area (Å²) < 4.78 is 3.94. The van der Waals surface area contributed by atoms with Crippen molar-refractivity contribution in [2.45, 2.75) is 0 Å². The first-order valence-corrected chi connectivity index (χ1v) is 2.86. The van der Waals surface area contributed by atoms with E-state index in [0.717, 1.165) is 5.62 Å². The van der Waals surface area contributed by atoms with Crippen LogP contribution in [0.15, 0.2) is 17.4 Å². The van der Waals surface area contributed by atoms with Gasteiger partial charge in [0, 0.05) is 33.5 Å². The second-order valence-corrected chi connectivity index (χ2v) is 2.04. The quantitative estimate of drug-likeness (QED) is 0.462. The van der Waals surface area contributed by atoms with Gasteiger partial charge in [0.15, 0.2) is 0 Å². The van der Waals surface area contributed by atoms with Gasteiger partial charge < -0.3 is 9.13 Å². The SMILES string of the molecule is CN=c1n(C)ccn1C. The Balaban J connectivity index is 3.42. The first-order chi connectivity index (χ1) is 4.25. The highest BCUT2D eigenvalue weighted by Crippen LogP contribution is 1.74. The molecule has 0 radical (unpaired) electrons. The van der Waals surface area contributed by atoms with Crippen LogP contribution in [0.25, 0.3) is 0 Å². The van der Waals surface area contributed by atoms with Gasteiger partial charge in [-0.15, -0.1) is 0 Å². The van der Waals surface area contributed by atoms with Gasteiger partial charge in [-0.3, -0.25) is 4.99 Å². The molecule has 1 rings (SSSR count). The summed E-state index contributed by atoms with van der Waals surface area (Å²) in [5, 5.41) is 0. The van der Waals surface area contributed by atoms with Crippen LogP contribution in [-0.4, -0.2) is 16.2 Å². The molecule has 0 spiro atoms. The normalized spacial score (nSPS) is 9.67. The van der Waals surface area contributed by atoms with Crippen LogP contribution in [0.5, 0.6) is 0 Å². The molecule has 0 bridgehead atoms. The van der Waals surface area contributed by atoms with E-state index in [4.69, 9.17) is 0 Å². The standard InChI is InChI=1S/C6H11N3/c1-7-6-8(2)4-5-9(6)3/h4-5H,1-3H3. The molecular weight excluding hydrogens is 114 g/mol. The van der Waals surface area contributed by atoms with E-state index in [1.807, 2.05) is 35.6 Å². The van der Waals surface area contributed by atoms with Crippen LogP contribution in [0, 0.1) is 0 Å². The van der Waals surface area contributed by atoms with E-state index in [9.17, 15) is 0 Å². The summed E-state index contributed by atoms with van der Waals surface area (Å²) in [6.07, 6.45) is 3.95. The summed E-state index contributed by atoms with van der Waals surface area (Å²) in [7, 11) is 5.74. The van der Waals surface area contributed by atoms with Gasteiger partial charge in [0.25, 0.3) is 0 Å². The Morgan fingerprint density at radius 1 is 1.22 bits per heavy atom. The number of aryl methyl sites for hydroxylation is 2. The fourth-order valence-corrected chi connectivity index (χ4v) is 0.898. The fraction of sp³-hybridized carbons (Fsp3) is 0.500. The summed E-state index contributed by atoms with van der Waals surface area (Å²) in [5.41, 5.74) is 0.981. The van der Waals surface area contributed by atoms with E-state index in [1.165, 1.54) is 0 Å². The summed E-state index contributed by atoms with van der Waals surface area (Å²) in [6.45, 7) is 0. The number of imidazole rings is 1. The van der Waals surface area contributed by atoms with Gasteiger partial charge in [0.2, 0.25) is 5.62 Å². The topological polar surface area (TPSA) is 22.2 Å². The molecule has 0 fully saturated rings. The lowest BCUT2D eigenvalue weighted by Crippen LogP contribution is -2.20. The third-order valence-corrected chi connectivity index (χ3v) is 1.34. The lowest BCUT2D eigenvalue weighted by Gasteiger charge is -1.89. The van der Waals surface area contributed by atoms with Gasteiger partial charge in [-0.25, -0.2) is 0 Å². The second kappa shape index (κ2) is 2.09. The second-order valence-electron chi connectivity index (χ2n) is 2.04. The van der Waals surface area contributed by atoms with Crippen molar-refractivity contribution in [3.63, 3.8) is 0 Å². The van der Waals surface area contributed by atoms with Crippen LogP contribution in [0.2, 0.25) is 0 Å². The average Bonchev–Trinajstić information content (AvgIpc) is 2.12. The van der Waals surface area contributed by atoms with Gasteiger partial charge in [-0.05, 0) is 0 Å². The Morgan fingerprint density at radius 3 is 1.89 bits per heavy atom. The first-order valence-electron chi connectivity index (χ1n) is 2.86. The molecule has 1 aromatic heterocycles. The zero-order chi connectivity index (χ0) is 6.85. The van der Waals surface area contributed by atoms with Crippen molar-refractivity contribution in [1.29, 1.82) is 0 Å². The summed E-state index contributed by atoms with van der Waals surface area (Å²) in [6, 6.07) is 0. The van der Waals surface area contributed by atoms with E-state index < -0.39 is 0 Å². The maximum atomic E-state index is 4.06. The lowest BCUT2D eigenvalue weighted by molar-refractivity contribution is 0.738. The van der Waals surface area contributed by atoms with Crippen LogP contribution in [-0.2, 0) is 14.1 Å². The largest absolute Gasteiger partial charge is 0.321 e. The zero-order valence-corrected chi connectivity index (χ0v) is 6.00. The van der Waals surface area contributed by atoms with Gasteiger partial charge in [0.1, 0.15) is 0 Å². The Labute approximate surface area is 54.3 Å². The van der Waals surface area contributed by atoms with Crippen molar-refractivity contribution in [3.8, 4) is 0 Å². The van der Waals surface area contributed by atoms with Crippen molar-refractivity contribution in [2.24, 2.45) is 19.1 Å². The minimum absolute atomic E-state index is 0.981. The van der Waals surface area contributed by atoms with Crippen molar-refractivity contribution in [3.05, 3.63) is 18.0 Å². The smallest absolute Gasteiger partial charge is 0.204 e. The molecule has 50 valence electrons. The molecule has 0 saturated carbocycles. The molecule has 9 heavy (non-hydrogen) atoms. The number of hydrogen-bond acceptors (Lipinski definition) is 1. The van der Waals surface area contributed by atoms with Crippen molar-refractivity contribution in [2.75, 3.05) is 7.05 Å². The Morgan fingerprint density at radius 2 is 1.67 bits per heavy atom. The first kappa shape index (κ1) is 6.13. The third-order valence-electron chi connectivity index (χ3n) is 1.34.